The molecule has 2 aromatic rings. The van der Waals surface area contributed by atoms with Crippen molar-refractivity contribution in [3.8, 4) is 0 Å². The molecule has 1 amide bonds. The monoisotopic (exact) mass is 303 g/mol. The number of aryl methyl sites for hydroxylation is 1. The molecule has 7 heteroatoms. The Morgan fingerprint density at radius 2 is 2.18 bits per heavy atom. The van der Waals surface area contributed by atoms with Crippen LogP contribution in [0.2, 0.25) is 0 Å². The van der Waals surface area contributed by atoms with E-state index < -0.39 is 4.92 Å². The Labute approximate surface area is 127 Å². The van der Waals surface area contributed by atoms with Crippen molar-refractivity contribution in [2.24, 2.45) is 0 Å². The molecular weight excluding hydrogens is 286 g/mol. The number of amides is 1. The summed E-state index contributed by atoms with van der Waals surface area (Å²) in [6.07, 6.45) is 1.54. The van der Waals surface area contributed by atoms with Crippen molar-refractivity contribution in [1.82, 2.24) is 5.32 Å². The van der Waals surface area contributed by atoms with Crippen LogP contribution >= 0.6 is 0 Å². The Kier molecular flexibility index (Phi) is 4.77. The van der Waals surface area contributed by atoms with Crippen molar-refractivity contribution in [3.63, 3.8) is 0 Å². The summed E-state index contributed by atoms with van der Waals surface area (Å²) in [6.45, 7) is 3.65. The average Bonchev–Trinajstić information content (AvgIpc) is 3.00. The molecule has 0 saturated carbocycles. The Bertz CT molecular complexity index is 667. The van der Waals surface area contributed by atoms with Crippen LogP contribution in [0.15, 0.2) is 41.0 Å². The fraction of sp³-hybridized carbons (Fsp3) is 0.267. The summed E-state index contributed by atoms with van der Waals surface area (Å²) in [5, 5.41) is 16.5. The summed E-state index contributed by atoms with van der Waals surface area (Å²) in [5.74, 6) is 0.440. The highest BCUT2D eigenvalue weighted by Crippen LogP contribution is 2.21. The van der Waals surface area contributed by atoms with Crippen molar-refractivity contribution in [3.05, 3.63) is 58.0 Å². The van der Waals surface area contributed by atoms with Gasteiger partial charge in [0.15, 0.2) is 0 Å². The van der Waals surface area contributed by atoms with Crippen LogP contribution in [0.3, 0.4) is 0 Å². The van der Waals surface area contributed by atoms with Crippen LogP contribution in [0.4, 0.5) is 11.4 Å². The molecule has 7 nitrogen and oxygen atoms in total. The number of nitrogens with zero attached hydrogens (tertiary/aromatic N) is 1. The molecule has 1 aromatic carbocycles. The van der Waals surface area contributed by atoms with E-state index >= 15 is 0 Å². The lowest BCUT2D eigenvalue weighted by atomic mass is 10.2. The molecule has 22 heavy (non-hydrogen) atoms. The van der Waals surface area contributed by atoms with Crippen LogP contribution in [-0.2, 0) is 4.79 Å². The largest absolute Gasteiger partial charge is 0.467 e. The number of furan rings is 1. The third-order valence-corrected chi connectivity index (χ3v) is 3.22. The second-order valence-corrected chi connectivity index (χ2v) is 4.91. The van der Waals surface area contributed by atoms with E-state index in [-0.39, 0.29) is 24.2 Å². The van der Waals surface area contributed by atoms with E-state index in [1.54, 1.807) is 24.5 Å². The molecule has 0 aliphatic heterocycles. The highest BCUT2D eigenvalue weighted by Gasteiger charge is 2.13. The zero-order valence-electron chi connectivity index (χ0n) is 12.3. The molecule has 0 saturated heterocycles. The van der Waals surface area contributed by atoms with Gasteiger partial charge in [-0.25, -0.2) is 0 Å². The number of nitro groups is 1. The summed E-state index contributed by atoms with van der Waals surface area (Å²) in [4.78, 5) is 22.2. The molecule has 0 fully saturated rings. The van der Waals surface area contributed by atoms with E-state index in [2.05, 4.69) is 10.6 Å². The molecule has 1 atom stereocenters. The van der Waals surface area contributed by atoms with Gasteiger partial charge in [0.05, 0.1) is 23.8 Å². The Balaban J connectivity index is 1.93. The van der Waals surface area contributed by atoms with Gasteiger partial charge >= 0.3 is 0 Å². The summed E-state index contributed by atoms with van der Waals surface area (Å²) in [7, 11) is 0. The normalized spacial score (nSPS) is 11.7. The van der Waals surface area contributed by atoms with Gasteiger partial charge in [-0.05, 0) is 31.5 Å². The highest BCUT2D eigenvalue weighted by molar-refractivity contribution is 5.81. The number of nitro benzene ring substituents is 1. The van der Waals surface area contributed by atoms with Crippen LogP contribution in [0, 0.1) is 17.0 Å². The number of nitrogens with one attached hydrogen (secondary N) is 2. The topological polar surface area (TPSA) is 97.4 Å². The molecular formula is C15H17N3O4. The van der Waals surface area contributed by atoms with Crippen LogP contribution in [0.1, 0.15) is 24.3 Å². The number of hydrogen-bond acceptors (Lipinski definition) is 5. The van der Waals surface area contributed by atoms with E-state index in [4.69, 9.17) is 4.42 Å². The predicted octanol–water partition coefficient (Wildman–Crippen LogP) is 2.79. The van der Waals surface area contributed by atoms with Gasteiger partial charge in [-0.1, -0.05) is 6.07 Å². The Morgan fingerprint density at radius 1 is 1.41 bits per heavy atom. The van der Waals surface area contributed by atoms with E-state index in [0.29, 0.717) is 11.4 Å². The summed E-state index contributed by atoms with van der Waals surface area (Å²) in [6, 6.07) is 7.78. The number of anilines is 1. The van der Waals surface area contributed by atoms with Gasteiger partial charge in [0.25, 0.3) is 5.69 Å². The molecule has 0 radical (unpaired) electrons. The van der Waals surface area contributed by atoms with Gasteiger partial charge < -0.3 is 15.1 Å². The van der Waals surface area contributed by atoms with Crippen LogP contribution in [-0.4, -0.2) is 17.4 Å². The van der Waals surface area contributed by atoms with Gasteiger partial charge in [0, 0.05) is 17.8 Å². The predicted molar refractivity (Wildman–Crippen MR) is 81.6 cm³/mol. The average molecular weight is 303 g/mol. The summed E-state index contributed by atoms with van der Waals surface area (Å²) in [5.41, 5.74) is 1.38. The first-order valence-corrected chi connectivity index (χ1v) is 6.79. The first-order valence-electron chi connectivity index (χ1n) is 6.79. The molecule has 1 heterocycles. The Morgan fingerprint density at radius 3 is 2.82 bits per heavy atom. The van der Waals surface area contributed by atoms with Gasteiger partial charge in [-0.3, -0.25) is 14.9 Å². The van der Waals surface area contributed by atoms with Gasteiger partial charge in [-0.2, -0.15) is 0 Å². The quantitative estimate of drug-likeness (QED) is 0.631. The maximum atomic E-state index is 11.9. The number of carbonyl (C=O) groups is 1. The minimum Gasteiger partial charge on any atom is -0.467 e. The fourth-order valence-corrected chi connectivity index (χ4v) is 1.99. The van der Waals surface area contributed by atoms with E-state index in [1.807, 2.05) is 13.8 Å². The molecule has 116 valence electrons. The van der Waals surface area contributed by atoms with Gasteiger partial charge in [0.1, 0.15) is 5.76 Å². The Hall–Kier alpha value is -2.83. The number of non-ortho nitro benzene ring substituents is 1. The molecule has 1 unspecified atom stereocenters. The smallest absolute Gasteiger partial charge is 0.271 e. The van der Waals surface area contributed by atoms with Crippen LogP contribution in [0.25, 0.3) is 0 Å². The number of benzene rings is 1. The zero-order chi connectivity index (χ0) is 16.1. The maximum absolute atomic E-state index is 11.9. The number of carbonyl (C=O) groups excluding carboxylic acids is 1. The minimum absolute atomic E-state index is 0.0162. The lowest BCUT2D eigenvalue weighted by Gasteiger charge is -2.13. The summed E-state index contributed by atoms with van der Waals surface area (Å²) >= 11 is 0. The van der Waals surface area contributed by atoms with Crippen LogP contribution < -0.4 is 10.6 Å². The molecule has 0 aliphatic carbocycles. The van der Waals surface area contributed by atoms with Crippen molar-refractivity contribution in [1.29, 1.82) is 0 Å². The van der Waals surface area contributed by atoms with E-state index in [0.717, 1.165) is 5.56 Å². The first-order chi connectivity index (χ1) is 10.5. The summed E-state index contributed by atoms with van der Waals surface area (Å²) < 4.78 is 5.21. The van der Waals surface area contributed by atoms with Gasteiger partial charge in [0.2, 0.25) is 5.91 Å². The van der Waals surface area contributed by atoms with Crippen molar-refractivity contribution < 1.29 is 14.1 Å². The van der Waals surface area contributed by atoms with Crippen molar-refractivity contribution in [2.75, 3.05) is 11.9 Å². The van der Waals surface area contributed by atoms with Crippen molar-refractivity contribution in [2.45, 2.75) is 19.9 Å². The molecule has 0 aliphatic rings. The van der Waals surface area contributed by atoms with Gasteiger partial charge in [-0.15, -0.1) is 0 Å². The number of rotatable bonds is 6. The molecule has 0 bridgehead atoms. The lowest BCUT2D eigenvalue weighted by Crippen LogP contribution is -2.32. The third-order valence-electron chi connectivity index (χ3n) is 3.22. The van der Waals surface area contributed by atoms with Crippen LogP contribution in [0.5, 0.6) is 0 Å². The van der Waals surface area contributed by atoms with E-state index in [9.17, 15) is 14.9 Å². The highest BCUT2D eigenvalue weighted by atomic mass is 16.6. The lowest BCUT2D eigenvalue weighted by molar-refractivity contribution is -0.384. The minimum atomic E-state index is -0.469. The molecule has 0 spiro atoms. The molecule has 1 aromatic heterocycles. The standard InChI is InChI=1S/C15H17N3O4/c1-10-5-6-12(18(20)21)8-13(10)16-9-15(19)17-11(2)14-4-3-7-22-14/h3-8,11,16H,9H2,1-2H3,(H,17,19). The maximum Gasteiger partial charge on any atom is 0.271 e. The van der Waals surface area contributed by atoms with E-state index in [1.165, 1.54) is 12.1 Å². The molecule has 2 N–H and O–H groups in total. The zero-order valence-corrected chi connectivity index (χ0v) is 12.3. The fourth-order valence-electron chi connectivity index (χ4n) is 1.99. The second kappa shape index (κ2) is 6.75. The second-order valence-electron chi connectivity index (χ2n) is 4.91. The number of hydrogen-bond donors (Lipinski definition) is 2. The molecule has 2 rings (SSSR count). The van der Waals surface area contributed by atoms with Crippen molar-refractivity contribution >= 4 is 17.3 Å². The SMILES string of the molecule is Cc1ccc([N+](=O)[O-])cc1NCC(=O)NC(C)c1ccco1. The first kappa shape index (κ1) is 15.6. The third kappa shape index (κ3) is 3.85.